The highest BCUT2D eigenvalue weighted by Crippen LogP contribution is 2.20. The Kier molecular flexibility index (Phi) is 4.55. The van der Waals surface area contributed by atoms with Crippen molar-refractivity contribution in [1.82, 2.24) is 0 Å². The van der Waals surface area contributed by atoms with Crippen molar-refractivity contribution >= 4 is 34.8 Å². The maximum absolute atomic E-state index is 13.6. The van der Waals surface area contributed by atoms with E-state index in [1.54, 1.807) is 18.2 Å². The number of anilines is 2. The molecule has 0 aromatic heterocycles. The predicted molar refractivity (Wildman–Crippen MR) is 80.1 cm³/mol. The summed E-state index contributed by atoms with van der Waals surface area (Å²) >= 11 is 5.76. The second kappa shape index (κ2) is 6.37. The Balaban J connectivity index is 2.20. The van der Waals surface area contributed by atoms with Crippen LogP contribution in [0.15, 0.2) is 42.5 Å². The molecule has 0 heterocycles. The number of hydrogen-bond acceptors (Lipinski definition) is 2. The number of carbonyl (C=O) groups excluding carboxylic acids is 2. The highest BCUT2D eigenvalue weighted by Gasteiger charge is 2.10. The van der Waals surface area contributed by atoms with Crippen LogP contribution in [0.5, 0.6) is 0 Å². The fourth-order valence-corrected chi connectivity index (χ4v) is 1.90. The third-order valence-corrected chi connectivity index (χ3v) is 2.86. The summed E-state index contributed by atoms with van der Waals surface area (Å²) in [6.07, 6.45) is 0. The number of hydrogen-bond donors (Lipinski definition) is 2. The summed E-state index contributed by atoms with van der Waals surface area (Å²) in [6, 6.07) is 10.2. The van der Waals surface area contributed by atoms with Gasteiger partial charge in [0.15, 0.2) is 0 Å². The van der Waals surface area contributed by atoms with Crippen LogP contribution in [0.4, 0.5) is 15.8 Å². The molecule has 0 unspecified atom stereocenters. The van der Waals surface area contributed by atoms with Crippen LogP contribution in [-0.2, 0) is 4.79 Å². The average Bonchev–Trinajstić information content (AvgIpc) is 2.42. The summed E-state index contributed by atoms with van der Waals surface area (Å²) < 4.78 is 13.6. The lowest BCUT2D eigenvalue weighted by Crippen LogP contribution is -2.14. The van der Waals surface area contributed by atoms with Gasteiger partial charge in [-0.1, -0.05) is 17.7 Å². The fraction of sp³-hybridized carbons (Fsp3) is 0.0667. The third-order valence-electron chi connectivity index (χ3n) is 2.62. The van der Waals surface area contributed by atoms with E-state index in [0.717, 1.165) is 0 Å². The Morgan fingerprint density at radius 1 is 1.10 bits per heavy atom. The summed E-state index contributed by atoms with van der Waals surface area (Å²) in [4.78, 5) is 23.1. The van der Waals surface area contributed by atoms with Crippen molar-refractivity contribution in [2.45, 2.75) is 6.92 Å². The van der Waals surface area contributed by atoms with Crippen molar-refractivity contribution in [3.63, 3.8) is 0 Å². The van der Waals surface area contributed by atoms with Crippen LogP contribution in [-0.4, -0.2) is 11.8 Å². The Bertz CT molecular complexity index is 704. The van der Waals surface area contributed by atoms with E-state index in [1.165, 1.54) is 31.2 Å². The van der Waals surface area contributed by atoms with Crippen molar-refractivity contribution in [1.29, 1.82) is 0 Å². The van der Waals surface area contributed by atoms with Gasteiger partial charge in [-0.2, -0.15) is 0 Å². The van der Waals surface area contributed by atoms with E-state index in [2.05, 4.69) is 10.6 Å². The van der Waals surface area contributed by atoms with Gasteiger partial charge in [-0.3, -0.25) is 9.59 Å². The first-order chi connectivity index (χ1) is 9.95. The molecule has 2 amide bonds. The summed E-state index contributed by atoms with van der Waals surface area (Å²) in [5, 5.41) is 5.33. The van der Waals surface area contributed by atoms with E-state index < -0.39 is 11.7 Å². The predicted octanol–water partition coefficient (Wildman–Crippen LogP) is 3.69. The number of halogens is 2. The molecule has 2 aromatic rings. The highest BCUT2D eigenvalue weighted by molar-refractivity contribution is 6.31. The van der Waals surface area contributed by atoms with Gasteiger partial charge in [-0.15, -0.1) is 0 Å². The maximum Gasteiger partial charge on any atom is 0.255 e. The number of benzene rings is 2. The molecule has 0 aliphatic carbocycles. The van der Waals surface area contributed by atoms with Gasteiger partial charge >= 0.3 is 0 Å². The zero-order valence-electron chi connectivity index (χ0n) is 11.1. The van der Waals surface area contributed by atoms with Gasteiger partial charge in [0.25, 0.3) is 5.91 Å². The van der Waals surface area contributed by atoms with E-state index >= 15 is 0 Å². The minimum Gasteiger partial charge on any atom is -0.326 e. The molecule has 6 heteroatoms. The van der Waals surface area contributed by atoms with E-state index in [-0.39, 0.29) is 11.6 Å². The molecule has 2 aromatic carbocycles. The zero-order chi connectivity index (χ0) is 15.4. The second-order valence-electron chi connectivity index (χ2n) is 4.34. The van der Waals surface area contributed by atoms with Gasteiger partial charge in [0, 0.05) is 23.2 Å². The van der Waals surface area contributed by atoms with Crippen molar-refractivity contribution in [3.05, 3.63) is 58.9 Å². The van der Waals surface area contributed by atoms with Crippen LogP contribution in [0.2, 0.25) is 5.02 Å². The highest BCUT2D eigenvalue weighted by atomic mass is 35.5. The van der Waals surface area contributed by atoms with Gasteiger partial charge in [-0.05, 0) is 36.4 Å². The molecule has 0 atom stereocenters. The van der Waals surface area contributed by atoms with Crippen molar-refractivity contribution in [2.75, 3.05) is 10.6 Å². The smallest absolute Gasteiger partial charge is 0.255 e. The lowest BCUT2D eigenvalue weighted by molar-refractivity contribution is -0.114. The van der Waals surface area contributed by atoms with Crippen molar-refractivity contribution < 1.29 is 14.0 Å². The van der Waals surface area contributed by atoms with E-state index in [9.17, 15) is 14.0 Å². The normalized spacial score (nSPS) is 10.0. The standard InChI is InChI=1S/C15H12ClFN2O2/c1-9(20)18-12-4-2-3-10(7-12)15(21)19-14-8-11(16)5-6-13(14)17/h2-8H,1H3,(H,18,20)(H,19,21). The molecule has 0 aliphatic heterocycles. The molecule has 2 rings (SSSR count). The number of amides is 2. The SMILES string of the molecule is CC(=O)Nc1cccc(C(=O)Nc2cc(Cl)ccc2F)c1. The van der Waals surface area contributed by atoms with Crippen molar-refractivity contribution in [3.8, 4) is 0 Å². The summed E-state index contributed by atoms with van der Waals surface area (Å²) in [6.45, 7) is 1.37. The first-order valence-electron chi connectivity index (χ1n) is 6.10. The molecule has 0 saturated carbocycles. The van der Waals surface area contributed by atoms with Crippen LogP contribution >= 0.6 is 11.6 Å². The monoisotopic (exact) mass is 306 g/mol. The molecule has 4 nitrogen and oxygen atoms in total. The second-order valence-corrected chi connectivity index (χ2v) is 4.78. The number of rotatable bonds is 3. The minimum absolute atomic E-state index is 0.00238. The van der Waals surface area contributed by atoms with Gasteiger partial charge < -0.3 is 10.6 Å². The first kappa shape index (κ1) is 15.0. The van der Waals surface area contributed by atoms with Crippen LogP contribution in [0.1, 0.15) is 17.3 Å². The van der Waals surface area contributed by atoms with Crippen LogP contribution < -0.4 is 10.6 Å². The summed E-state index contributed by atoms with van der Waals surface area (Å²) in [7, 11) is 0. The lowest BCUT2D eigenvalue weighted by atomic mass is 10.1. The molecule has 2 N–H and O–H groups in total. The molecule has 0 spiro atoms. The molecule has 0 saturated heterocycles. The molecule has 0 fully saturated rings. The topological polar surface area (TPSA) is 58.2 Å². The average molecular weight is 307 g/mol. The van der Waals surface area contributed by atoms with Crippen LogP contribution in [0, 0.1) is 5.82 Å². The Morgan fingerprint density at radius 3 is 2.57 bits per heavy atom. The molecule has 0 bridgehead atoms. The summed E-state index contributed by atoms with van der Waals surface area (Å²) in [5.74, 6) is -1.32. The molecule has 108 valence electrons. The molecule has 0 aliphatic rings. The lowest BCUT2D eigenvalue weighted by Gasteiger charge is -2.08. The first-order valence-corrected chi connectivity index (χ1v) is 6.47. The largest absolute Gasteiger partial charge is 0.326 e. The van der Waals surface area contributed by atoms with Crippen LogP contribution in [0.3, 0.4) is 0 Å². The molecular formula is C15H12ClFN2O2. The van der Waals surface area contributed by atoms with Gasteiger partial charge in [0.2, 0.25) is 5.91 Å². The van der Waals surface area contributed by atoms with Crippen molar-refractivity contribution in [2.24, 2.45) is 0 Å². The van der Waals surface area contributed by atoms with Gasteiger partial charge in [-0.25, -0.2) is 4.39 Å². The van der Waals surface area contributed by atoms with Gasteiger partial charge in [0.05, 0.1) is 5.69 Å². The van der Waals surface area contributed by atoms with E-state index in [1.807, 2.05) is 0 Å². The number of nitrogens with one attached hydrogen (secondary N) is 2. The Morgan fingerprint density at radius 2 is 1.86 bits per heavy atom. The third kappa shape index (κ3) is 4.03. The molecule has 0 radical (unpaired) electrons. The zero-order valence-corrected chi connectivity index (χ0v) is 11.9. The Hall–Kier alpha value is -2.40. The maximum atomic E-state index is 13.6. The van der Waals surface area contributed by atoms with E-state index in [4.69, 9.17) is 11.6 Å². The Labute approximate surface area is 125 Å². The van der Waals surface area contributed by atoms with E-state index in [0.29, 0.717) is 16.3 Å². The molecule has 21 heavy (non-hydrogen) atoms. The van der Waals surface area contributed by atoms with Crippen LogP contribution in [0.25, 0.3) is 0 Å². The van der Waals surface area contributed by atoms with Gasteiger partial charge in [0.1, 0.15) is 5.82 Å². The molecular weight excluding hydrogens is 295 g/mol. The fourth-order valence-electron chi connectivity index (χ4n) is 1.73. The summed E-state index contributed by atoms with van der Waals surface area (Å²) in [5.41, 5.74) is 0.778. The minimum atomic E-state index is -0.578. The number of carbonyl (C=O) groups is 2. The quantitative estimate of drug-likeness (QED) is 0.908.